The number of aromatic amines is 1. The van der Waals surface area contributed by atoms with Crippen molar-refractivity contribution in [1.29, 1.82) is 0 Å². The third-order valence-electron chi connectivity index (χ3n) is 4.04. The number of carbonyl (C=O) groups excluding carboxylic acids is 1. The number of hydrogen-bond donors (Lipinski definition) is 2. The molecule has 0 radical (unpaired) electrons. The first kappa shape index (κ1) is 13.1. The molecule has 0 spiro atoms. The number of benzene rings is 1. The van der Waals surface area contributed by atoms with Gasteiger partial charge in [0, 0.05) is 30.1 Å². The Kier molecular flexibility index (Phi) is 3.69. The van der Waals surface area contributed by atoms with Gasteiger partial charge < -0.3 is 10.0 Å². The zero-order chi connectivity index (χ0) is 13.9. The molecule has 5 nitrogen and oxygen atoms in total. The van der Waals surface area contributed by atoms with Crippen LogP contribution in [0.2, 0.25) is 0 Å². The summed E-state index contributed by atoms with van der Waals surface area (Å²) in [5, 5.41) is 17.0. The standard InChI is InChI=1S/C15H19N3O2/c19-8-6-13-3-1-2-7-18(13)15(20)11-4-5-14-12(9-11)10-16-17-14/h4-5,9-10,13,19H,1-3,6-8H2,(H,16,17)/t13-/m1/s1. The van der Waals surface area contributed by atoms with Crippen LogP contribution in [0.4, 0.5) is 0 Å². The number of hydrogen-bond acceptors (Lipinski definition) is 3. The van der Waals surface area contributed by atoms with E-state index in [1.165, 1.54) is 0 Å². The van der Waals surface area contributed by atoms with E-state index >= 15 is 0 Å². The van der Waals surface area contributed by atoms with E-state index in [1.54, 1.807) is 6.20 Å². The molecule has 1 aromatic carbocycles. The lowest BCUT2D eigenvalue weighted by Gasteiger charge is -2.35. The number of amides is 1. The van der Waals surface area contributed by atoms with E-state index in [0.717, 1.165) is 36.7 Å². The fraction of sp³-hybridized carbons (Fsp3) is 0.467. The topological polar surface area (TPSA) is 69.2 Å². The van der Waals surface area contributed by atoms with Gasteiger partial charge in [0.1, 0.15) is 0 Å². The first-order valence-electron chi connectivity index (χ1n) is 7.14. The molecule has 1 aromatic heterocycles. The summed E-state index contributed by atoms with van der Waals surface area (Å²) in [5.74, 6) is 0.0613. The molecule has 2 N–H and O–H groups in total. The SMILES string of the molecule is O=C(c1ccc2[nH]ncc2c1)N1CCCC[C@@H]1CCO. The summed E-state index contributed by atoms with van der Waals surface area (Å²) in [4.78, 5) is 14.6. The lowest BCUT2D eigenvalue weighted by molar-refractivity contribution is 0.0575. The molecule has 20 heavy (non-hydrogen) atoms. The molecule has 2 aromatic rings. The molecule has 106 valence electrons. The number of carbonyl (C=O) groups is 1. The Morgan fingerprint density at radius 2 is 2.35 bits per heavy atom. The maximum Gasteiger partial charge on any atom is 0.254 e. The van der Waals surface area contributed by atoms with Gasteiger partial charge in [-0.1, -0.05) is 0 Å². The van der Waals surface area contributed by atoms with Crippen LogP contribution in [0.25, 0.3) is 10.9 Å². The van der Waals surface area contributed by atoms with Crippen LogP contribution in [0.5, 0.6) is 0 Å². The summed E-state index contributed by atoms with van der Waals surface area (Å²) < 4.78 is 0. The minimum absolute atomic E-state index is 0.0613. The molecule has 1 fully saturated rings. The number of aliphatic hydroxyl groups is 1. The molecular formula is C15H19N3O2. The Morgan fingerprint density at radius 3 is 3.20 bits per heavy atom. The first-order valence-corrected chi connectivity index (χ1v) is 7.14. The van der Waals surface area contributed by atoms with Crippen LogP contribution in [-0.2, 0) is 0 Å². The van der Waals surface area contributed by atoms with Crippen LogP contribution in [0.3, 0.4) is 0 Å². The van der Waals surface area contributed by atoms with Crippen molar-refractivity contribution < 1.29 is 9.90 Å². The van der Waals surface area contributed by atoms with Crippen LogP contribution in [0.15, 0.2) is 24.4 Å². The molecule has 1 saturated heterocycles. The van der Waals surface area contributed by atoms with Crippen molar-refractivity contribution in [1.82, 2.24) is 15.1 Å². The highest BCUT2D eigenvalue weighted by Gasteiger charge is 2.27. The predicted octanol–water partition coefficient (Wildman–Crippen LogP) is 1.94. The fourth-order valence-electron chi connectivity index (χ4n) is 2.96. The van der Waals surface area contributed by atoms with Crippen LogP contribution < -0.4 is 0 Å². The van der Waals surface area contributed by atoms with E-state index in [-0.39, 0.29) is 18.6 Å². The van der Waals surface area contributed by atoms with E-state index in [4.69, 9.17) is 5.11 Å². The normalized spacial score (nSPS) is 19.4. The maximum absolute atomic E-state index is 12.7. The van der Waals surface area contributed by atoms with E-state index in [1.807, 2.05) is 23.1 Å². The smallest absolute Gasteiger partial charge is 0.254 e. The van der Waals surface area contributed by atoms with Crippen molar-refractivity contribution >= 4 is 16.8 Å². The second-order valence-electron chi connectivity index (χ2n) is 5.33. The molecule has 1 aliphatic heterocycles. The summed E-state index contributed by atoms with van der Waals surface area (Å²) in [7, 11) is 0. The van der Waals surface area contributed by atoms with Crippen molar-refractivity contribution in [2.75, 3.05) is 13.2 Å². The highest BCUT2D eigenvalue weighted by molar-refractivity contribution is 5.98. The highest BCUT2D eigenvalue weighted by Crippen LogP contribution is 2.23. The van der Waals surface area contributed by atoms with Gasteiger partial charge in [-0.15, -0.1) is 0 Å². The number of likely N-dealkylation sites (tertiary alicyclic amines) is 1. The van der Waals surface area contributed by atoms with Crippen molar-refractivity contribution in [3.63, 3.8) is 0 Å². The molecule has 1 amide bonds. The Balaban J connectivity index is 1.85. The second kappa shape index (κ2) is 5.63. The largest absolute Gasteiger partial charge is 0.396 e. The van der Waals surface area contributed by atoms with Crippen LogP contribution in [0, 0.1) is 0 Å². The van der Waals surface area contributed by atoms with E-state index in [0.29, 0.717) is 12.0 Å². The Hall–Kier alpha value is -1.88. The summed E-state index contributed by atoms with van der Waals surface area (Å²) >= 11 is 0. The van der Waals surface area contributed by atoms with Gasteiger partial charge in [-0.2, -0.15) is 5.10 Å². The van der Waals surface area contributed by atoms with E-state index in [2.05, 4.69) is 10.2 Å². The lowest BCUT2D eigenvalue weighted by Crippen LogP contribution is -2.44. The maximum atomic E-state index is 12.7. The molecule has 0 unspecified atom stereocenters. The summed E-state index contributed by atoms with van der Waals surface area (Å²) in [6.45, 7) is 0.919. The Bertz CT molecular complexity index is 606. The average Bonchev–Trinajstić information content (AvgIpc) is 2.95. The number of aliphatic hydroxyl groups excluding tert-OH is 1. The zero-order valence-corrected chi connectivity index (χ0v) is 11.4. The summed E-state index contributed by atoms with van der Waals surface area (Å²) in [5.41, 5.74) is 1.64. The third kappa shape index (κ3) is 2.41. The number of nitrogens with one attached hydrogen (secondary N) is 1. The minimum atomic E-state index is 0.0613. The van der Waals surface area contributed by atoms with Gasteiger partial charge in [0.05, 0.1) is 11.7 Å². The first-order chi connectivity index (χ1) is 9.79. The van der Waals surface area contributed by atoms with E-state index in [9.17, 15) is 4.79 Å². The van der Waals surface area contributed by atoms with Crippen molar-refractivity contribution in [2.24, 2.45) is 0 Å². The molecule has 3 rings (SSSR count). The van der Waals surface area contributed by atoms with E-state index < -0.39 is 0 Å². The van der Waals surface area contributed by atoms with Gasteiger partial charge in [-0.3, -0.25) is 9.89 Å². The van der Waals surface area contributed by atoms with Gasteiger partial charge >= 0.3 is 0 Å². The summed E-state index contributed by atoms with van der Waals surface area (Å²) in [6, 6.07) is 5.78. The average molecular weight is 273 g/mol. The quantitative estimate of drug-likeness (QED) is 0.898. The predicted molar refractivity (Wildman–Crippen MR) is 76.5 cm³/mol. The second-order valence-corrected chi connectivity index (χ2v) is 5.33. The molecule has 1 aliphatic rings. The Morgan fingerprint density at radius 1 is 1.45 bits per heavy atom. The number of piperidine rings is 1. The highest BCUT2D eigenvalue weighted by atomic mass is 16.3. The fourth-order valence-corrected chi connectivity index (χ4v) is 2.96. The monoisotopic (exact) mass is 273 g/mol. The molecule has 0 saturated carbocycles. The number of nitrogens with zero attached hydrogens (tertiary/aromatic N) is 2. The minimum Gasteiger partial charge on any atom is -0.396 e. The number of fused-ring (bicyclic) bond motifs is 1. The zero-order valence-electron chi connectivity index (χ0n) is 11.4. The molecule has 0 aliphatic carbocycles. The van der Waals surface area contributed by atoms with Crippen LogP contribution in [-0.4, -0.2) is 45.3 Å². The molecule has 5 heteroatoms. The van der Waals surface area contributed by atoms with Crippen molar-refractivity contribution in [3.8, 4) is 0 Å². The van der Waals surface area contributed by atoms with Crippen molar-refractivity contribution in [2.45, 2.75) is 31.7 Å². The molecular weight excluding hydrogens is 254 g/mol. The van der Waals surface area contributed by atoms with Crippen molar-refractivity contribution in [3.05, 3.63) is 30.0 Å². The number of H-pyrrole nitrogens is 1. The van der Waals surface area contributed by atoms with Gasteiger partial charge in [-0.25, -0.2) is 0 Å². The molecule has 1 atom stereocenters. The van der Waals surface area contributed by atoms with Gasteiger partial charge in [0.25, 0.3) is 5.91 Å². The summed E-state index contributed by atoms with van der Waals surface area (Å²) in [6.07, 6.45) is 5.56. The lowest BCUT2D eigenvalue weighted by atomic mass is 9.98. The molecule has 2 heterocycles. The van der Waals surface area contributed by atoms with Gasteiger partial charge in [-0.05, 0) is 43.9 Å². The number of rotatable bonds is 3. The molecule has 0 bridgehead atoms. The van der Waals surface area contributed by atoms with Gasteiger partial charge in [0.15, 0.2) is 0 Å². The Labute approximate surface area is 117 Å². The third-order valence-corrected chi connectivity index (χ3v) is 4.04. The van der Waals surface area contributed by atoms with Crippen LogP contribution >= 0.6 is 0 Å². The number of aromatic nitrogens is 2. The van der Waals surface area contributed by atoms with Crippen LogP contribution in [0.1, 0.15) is 36.0 Å². The van der Waals surface area contributed by atoms with Gasteiger partial charge in [0.2, 0.25) is 0 Å².